The van der Waals surface area contributed by atoms with Crippen molar-refractivity contribution in [2.45, 2.75) is 17.8 Å². The molecule has 90 valence electrons. The Morgan fingerprint density at radius 1 is 1.35 bits per heavy atom. The van der Waals surface area contributed by atoms with Crippen LogP contribution in [-0.4, -0.2) is 24.4 Å². The van der Waals surface area contributed by atoms with Crippen LogP contribution in [0.3, 0.4) is 0 Å². The minimum atomic E-state index is -4.67. The first-order valence-electron chi connectivity index (χ1n) is 4.26. The van der Waals surface area contributed by atoms with Crippen molar-refractivity contribution in [2.24, 2.45) is 0 Å². The van der Waals surface area contributed by atoms with Crippen LogP contribution in [0.2, 0.25) is 0 Å². The normalized spacial score (nSPS) is 22.6. The molecule has 1 aliphatic carbocycles. The molecule has 1 atom stereocenters. The predicted molar refractivity (Wildman–Crippen MR) is 50.5 cm³/mol. The summed E-state index contributed by atoms with van der Waals surface area (Å²) in [6.45, 7) is 0. The minimum absolute atomic E-state index is 0. The van der Waals surface area contributed by atoms with Crippen molar-refractivity contribution < 1.29 is 55.7 Å². The van der Waals surface area contributed by atoms with Gasteiger partial charge in [0.1, 0.15) is 10.1 Å². The van der Waals surface area contributed by atoms with E-state index in [1.165, 1.54) is 18.2 Å². The summed E-state index contributed by atoms with van der Waals surface area (Å²) in [7, 11) is -4.67. The zero-order valence-electron chi connectivity index (χ0n) is 8.94. The fourth-order valence-electron chi connectivity index (χ4n) is 1.22. The average molecular weight is 276 g/mol. The van der Waals surface area contributed by atoms with Crippen molar-refractivity contribution in [3.8, 4) is 0 Å². The van der Waals surface area contributed by atoms with Crippen LogP contribution in [-0.2, 0) is 10.1 Å². The Morgan fingerprint density at radius 2 is 1.94 bits per heavy atom. The zero-order chi connectivity index (χ0) is 12.4. The van der Waals surface area contributed by atoms with Crippen molar-refractivity contribution in [1.82, 2.24) is 0 Å². The maximum atomic E-state index is 11.9. The second-order valence-corrected chi connectivity index (χ2v) is 4.67. The minimum Gasteiger partial charge on any atom is -0.747 e. The molecule has 0 aromatic carbocycles. The topological polar surface area (TPSA) is 57.2 Å². The van der Waals surface area contributed by atoms with E-state index in [1.807, 2.05) is 0 Å². The van der Waals surface area contributed by atoms with Crippen molar-refractivity contribution in [3.63, 3.8) is 0 Å². The van der Waals surface area contributed by atoms with Gasteiger partial charge in [-0.3, -0.25) is 0 Å². The third-order valence-electron chi connectivity index (χ3n) is 1.89. The van der Waals surface area contributed by atoms with Gasteiger partial charge in [0.2, 0.25) is 0 Å². The van der Waals surface area contributed by atoms with Gasteiger partial charge in [-0.25, -0.2) is 8.42 Å². The van der Waals surface area contributed by atoms with Crippen LogP contribution >= 0.6 is 0 Å². The third kappa shape index (κ3) is 5.87. The molecule has 0 saturated heterocycles. The Kier molecular flexibility index (Phi) is 6.16. The van der Waals surface area contributed by atoms with Gasteiger partial charge >= 0.3 is 35.7 Å². The molecule has 0 fully saturated rings. The summed E-state index contributed by atoms with van der Waals surface area (Å²) in [4.78, 5) is 0. The Labute approximate surface area is 119 Å². The fourth-order valence-corrected chi connectivity index (χ4v) is 2.01. The Bertz CT molecular complexity index is 449. The SMILES string of the molecule is O=S(=O)([O-])C1C=CC=CC1=CCC(F)(F)F.[Na+]. The Balaban J connectivity index is 0.00000256. The monoisotopic (exact) mass is 276 g/mol. The molecule has 17 heavy (non-hydrogen) atoms. The van der Waals surface area contributed by atoms with E-state index in [4.69, 9.17) is 0 Å². The fraction of sp³-hybridized carbons (Fsp3) is 0.333. The zero-order valence-corrected chi connectivity index (χ0v) is 11.8. The molecular formula is C9H8F3NaO3S. The van der Waals surface area contributed by atoms with Gasteiger partial charge in [0.05, 0.1) is 11.7 Å². The van der Waals surface area contributed by atoms with Crippen molar-refractivity contribution in [2.75, 3.05) is 0 Å². The van der Waals surface area contributed by atoms with Crippen LogP contribution in [0.4, 0.5) is 13.2 Å². The van der Waals surface area contributed by atoms with E-state index >= 15 is 0 Å². The van der Waals surface area contributed by atoms with E-state index < -0.39 is 28.0 Å². The summed E-state index contributed by atoms with van der Waals surface area (Å²) in [5.41, 5.74) is -0.144. The Morgan fingerprint density at radius 3 is 2.41 bits per heavy atom. The molecule has 0 aromatic heterocycles. The van der Waals surface area contributed by atoms with Crippen molar-refractivity contribution in [1.29, 1.82) is 0 Å². The molecule has 0 aromatic rings. The van der Waals surface area contributed by atoms with E-state index in [-0.39, 0.29) is 35.1 Å². The Hall–Kier alpha value is -0.0800. The van der Waals surface area contributed by atoms with Gasteiger partial charge in [-0.1, -0.05) is 30.4 Å². The molecule has 1 unspecified atom stereocenters. The number of alkyl halides is 3. The molecule has 0 bridgehead atoms. The number of hydrogen-bond donors (Lipinski definition) is 0. The summed E-state index contributed by atoms with van der Waals surface area (Å²) in [6.07, 6.45) is -0.0306. The third-order valence-corrected chi connectivity index (χ3v) is 2.95. The van der Waals surface area contributed by atoms with Crippen LogP contribution in [0.15, 0.2) is 36.0 Å². The van der Waals surface area contributed by atoms with Gasteiger partial charge in [0.25, 0.3) is 0 Å². The van der Waals surface area contributed by atoms with Crippen molar-refractivity contribution >= 4 is 10.1 Å². The molecule has 0 N–H and O–H groups in total. The maximum Gasteiger partial charge on any atom is 1.00 e. The van der Waals surface area contributed by atoms with Gasteiger partial charge < -0.3 is 4.55 Å². The molecule has 0 amide bonds. The van der Waals surface area contributed by atoms with E-state index in [0.717, 1.165) is 6.08 Å². The predicted octanol–water partition coefficient (Wildman–Crippen LogP) is -1.09. The largest absolute Gasteiger partial charge is 1.00 e. The summed E-state index contributed by atoms with van der Waals surface area (Å²) in [5.74, 6) is 0. The summed E-state index contributed by atoms with van der Waals surface area (Å²) < 4.78 is 68.0. The second-order valence-electron chi connectivity index (χ2n) is 3.18. The quantitative estimate of drug-likeness (QED) is 0.475. The molecule has 3 nitrogen and oxygen atoms in total. The summed E-state index contributed by atoms with van der Waals surface area (Å²) >= 11 is 0. The van der Waals surface area contributed by atoms with Gasteiger partial charge in [-0.05, 0) is 5.57 Å². The summed E-state index contributed by atoms with van der Waals surface area (Å²) in [6, 6.07) is 0. The van der Waals surface area contributed by atoms with E-state index in [1.54, 1.807) is 0 Å². The molecule has 1 aliphatic rings. The molecule has 0 radical (unpaired) electrons. The summed E-state index contributed by atoms with van der Waals surface area (Å²) in [5, 5.41) is -1.53. The van der Waals surface area contributed by atoms with Crippen LogP contribution < -0.4 is 29.6 Å². The number of halogens is 3. The first kappa shape index (κ1) is 16.9. The van der Waals surface area contributed by atoms with Gasteiger partial charge in [-0.2, -0.15) is 13.2 Å². The number of hydrogen-bond acceptors (Lipinski definition) is 3. The van der Waals surface area contributed by atoms with Gasteiger partial charge in [0.15, 0.2) is 0 Å². The molecule has 8 heteroatoms. The molecular weight excluding hydrogens is 268 g/mol. The van der Waals surface area contributed by atoms with Gasteiger partial charge in [0, 0.05) is 0 Å². The van der Waals surface area contributed by atoms with Crippen LogP contribution in [0.25, 0.3) is 0 Å². The van der Waals surface area contributed by atoms with Crippen LogP contribution in [0, 0.1) is 0 Å². The molecule has 0 spiro atoms. The molecule has 1 rings (SSSR count). The maximum absolute atomic E-state index is 11.9. The van der Waals surface area contributed by atoms with Gasteiger partial charge in [-0.15, -0.1) is 0 Å². The van der Waals surface area contributed by atoms with Crippen molar-refractivity contribution in [3.05, 3.63) is 36.0 Å². The number of rotatable bonds is 2. The van der Waals surface area contributed by atoms with Crippen LogP contribution in [0.1, 0.15) is 6.42 Å². The average Bonchev–Trinajstić information content (AvgIpc) is 2.12. The standard InChI is InChI=1S/C9H9F3O3S.Na/c10-9(11,12)6-5-7-3-1-2-4-8(7)16(13,14)15;/h1-5,8H,6H2,(H,13,14,15);/q;+1/p-1. The molecule has 0 saturated carbocycles. The second kappa shape index (κ2) is 6.19. The smallest absolute Gasteiger partial charge is 0.747 e. The molecule has 0 aliphatic heterocycles. The first-order chi connectivity index (χ1) is 7.20. The van der Waals surface area contributed by atoms with E-state index in [9.17, 15) is 26.1 Å². The van der Waals surface area contributed by atoms with Crippen LogP contribution in [0.5, 0.6) is 0 Å². The number of allylic oxidation sites excluding steroid dienone is 4. The van der Waals surface area contributed by atoms with E-state index in [0.29, 0.717) is 6.08 Å². The van der Waals surface area contributed by atoms with E-state index in [2.05, 4.69) is 0 Å². The molecule has 0 heterocycles. The first-order valence-corrected chi connectivity index (χ1v) is 5.74.